The minimum atomic E-state index is -0.317. The third-order valence-corrected chi connectivity index (χ3v) is 3.45. The first-order chi connectivity index (χ1) is 9.76. The van der Waals surface area contributed by atoms with Crippen LogP contribution in [0.25, 0.3) is 0 Å². The predicted octanol–water partition coefficient (Wildman–Crippen LogP) is 2.02. The lowest BCUT2D eigenvalue weighted by Gasteiger charge is -2.33. The molecule has 2 aromatic heterocycles. The van der Waals surface area contributed by atoms with Gasteiger partial charge in [-0.25, -0.2) is 9.37 Å². The second-order valence-electron chi connectivity index (χ2n) is 4.77. The minimum absolute atomic E-state index is 0.0177. The molecule has 0 aromatic carbocycles. The molecule has 5 nitrogen and oxygen atoms in total. The summed E-state index contributed by atoms with van der Waals surface area (Å²) >= 11 is 0. The normalized spacial score (nSPS) is 19.3. The number of anilines is 1. The summed E-state index contributed by atoms with van der Waals surface area (Å²) in [6.45, 7) is 4.98. The van der Waals surface area contributed by atoms with Gasteiger partial charge in [0.25, 0.3) is 0 Å². The van der Waals surface area contributed by atoms with Crippen molar-refractivity contribution in [2.75, 3.05) is 24.6 Å². The van der Waals surface area contributed by atoms with E-state index >= 15 is 0 Å². The summed E-state index contributed by atoms with van der Waals surface area (Å²) in [5.41, 5.74) is 1.07. The summed E-state index contributed by atoms with van der Waals surface area (Å²) in [5.74, 6) is 0.463. The van der Waals surface area contributed by atoms with Crippen molar-refractivity contribution in [3.63, 3.8) is 0 Å². The largest absolute Gasteiger partial charge is 0.370 e. The highest BCUT2D eigenvalue weighted by molar-refractivity contribution is 5.39. The molecule has 20 heavy (non-hydrogen) atoms. The molecule has 1 fully saturated rings. The Morgan fingerprint density at radius 1 is 1.40 bits per heavy atom. The Labute approximate surface area is 117 Å². The third-order valence-electron chi connectivity index (χ3n) is 3.45. The van der Waals surface area contributed by atoms with Gasteiger partial charge in [0.2, 0.25) is 0 Å². The Balaban J connectivity index is 1.74. The van der Waals surface area contributed by atoms with Gasteiger partial charge in [-0.1, -0.05) is 0 Å². The highest BCUT2D eigenvalue weighted by Crippen LogP contribution is 2.24. The highest BCUT2D eigenvalue weighted by Gasteiger charge is 2.24. The number of halogens is 1. The number of aryl methyl sites for hydroxylation is 1. The van der Waals surface area contributed by atoms with Crippen LogP contribution in [0, 0.1) is 5.82 Å². The molecule has 3 rings (SSSR count). The van der Waals surface area contributed by atoms with E-state index in [4.69, 9.17) is 4.74 Å². The number of pyridine rings is 1. The van der Waals surface area contributed by atoms with E-state index in [1.54, 1.807) is 6.07 Å². The van der Waals surface area contributed by atoms with Crippen LogP contribution in [0.4, 0.5) is 10.2 Å². The van der Waals surface area contributed by atoms with Crippen LogP contribution in [0.1, 0.15) is 18.6 Å². The topological polar surface area (TPSA) is 43.2 Å². The fraction of sp³-hybridized carbons (Fsp3) is 0.429. The lowest BCUT2D eigenvalue weighted by molar-refractivity contribution is 0.0394. The zero-order valence-corrected chi connectivity index (χ0v) is 11.4. The molecule has 1 saturated heterocycles. The maximum atomic E-state index is 12.9. The standard InChI is InChI=1S/C14H17FN4O/c1-2-19-9-11(7-17-19)13-10-18(5-6-20-13)14-4-3-12(15)8-16-14/h3-4,7-9,13H,2,5-6,10H2,1H3. The SMILES string of the molecule is CCn1cc(C2CN(c3ccc(F)cn3)CCO2)cn1. The molecule has 1 atom stereocenters. The van der Waals surface area contributed by atoms with Crippen LogP contribution in [-0.2, 0) is 11.3 Å². The van der Waals surface area contributed by atoms with Crippen LogP contribution in [0.2, 0.25) is 0 Å². The predicted molar refractivity (Wildman–Crippen MR) is 73.0 cm³/mol. The summed E-state index contributed by atoms with van der Waals surface area (Å²) in [4.78, 5) is 6.23. The number of hydrogen-bond donors (Lipinski definition) is 0. The Kier molecular flexibility index (Phi) is 3.64. The smallest absolute Gasteiger partial charge is 0.141 e. The van der Waals surface area contributed by atoms with E-state index in [2.05, 4.69) is 15.0 Å². The fourth-order valence-electron chi connectivity index (χ4n) is 2.33. The monoisotopic (exact) mass is 276 g/mol. The molecule has 1 aliphatic rings. The number of nitrogens with zero attached hydrogens (tertiary/aromatic N) is 4. The molecule has 0 aliphatic carbocycles. The molecule has 1 unspecified atom stereocenters. The van der Waals surface area contributed by atoms with Crippen LogP contribution >= 0.6 is 0 Å². The fourth-order valence-corrected chi connectivity index (χ4v) is 2.33. The van der Waals surface area contributed by atoms with Crippen LogP contribution in [0.3, 0.4) is 0 Å². The Hall–Kier alpha value is -1.95. The summed E-state index contributed by atoms with van der Waals surface area (Å²) < 4.78 is 20.6. The minimum Gasteiger partial charge on any atom is -0.370 e. The second-order valence-corrected chi connectivity index (χ2v) is 4.77. The Morgan fingerprint density at radius 2 is 2.30 bits per heavy atom. The van der Waals surface area contributed by atoms with Gasteiger partial charge in [-0.3, -0.25) is 4.68 Å². The van der Waals surface area contributed by atoms with Crippen LogP contribution < -0.4 is 4.90 Å². The lowest BCUT2D eigenvalue weighted by Crippen LogP contribution is -2.38. The van der Waals surface area contributed by atoms with Gasteiger partial charge in [-0.05, 0) is 19.1 Å². The van der Waals surface area contributed by atoms with Gasteiger partial charge in [-0.15, -0.1) is 0 Å². The van der Waals surface area contributed by atoms with Crippen LogP contribution in [0.15, 0.2) is 30.7 Å². The summed E-state index contributed by atoms with van der Waals surface area (Å²) in [6, 6.07) is 3.13. The maximum Gasteiger partial charge on any atom is 0.141 e. The Bertz CT molecular complexity index is 569. The van der Waals surface area contributed by atoms with Crippen LogP contribution in [0.5, 0.6) is 0 Å². The molecular weight excluding hydrogens is 259 g/mol. The van der Waals surface area contributed by atoms with Gasteiger partial charge in [0.05, 0.1) is 19.0 Å². The average Bonchev–Trinajstić information content (AvgIpc) is 2.97. The van der Waals surface area contributed by atoms with E-state index in [-0.39, 0.29) is 11.9 Å². The van der Waals surface area contributed by atoms with Crippen molar-refractivity contribution in [1.29, 1.82) is 0 Å². The average molecular weight is 276 g/mol. The number of aromatic nitrogens is 3. The van der Waals surface area contributed by atoms with Crippen LogP contribution in [-0.4, -0.2) is 34.5 Å². The molecule has 0 amide bonds. The van der Waals surface area contributed by atoms with Gasteiger partial charge < -0.3 is 9.64 Å². The van der Waals surface area contributed by atoms with E-state index in [9.17, 15) is 4.39 Å². The summed E-state index contributed by atoms with van der Waals surface area (Å²) in [5, 5.41) is 4.27. The molecule has 0 radical (unpaired) electrons. The zero-order valence-electron chi connectivity index (χ0n) is 11.4. The zero-order chi connectivity index (χ0) is 13.9. The molecule has 0 bridgehead atoms. The number of ether oxygens (including phenoxy) is 1. The first-order valence-electron chi connectivity index (χ1n) is 6.76. The number of morpholine rings is 1. The van der Waals surface area contributed by atoms with Crippen molar-refractivity contribution >= 4 is 5.82 Å². The summed E-state index contributed by atoms with van der Waals surface area (Å²) in [7, 11) is 0. The molecule has 0 spiro atoms. The van der Waals surface area contributed by atoms with Crippen molar-refractivity contribution in [2.24, 2.45) is 0 Å². The van der Waals surface area contributed by atoms with Crippen molar-refractivity contribution in [3.8, 4) is 0 Å². The molecule has 1 aliphatic heterocycles. The van der Waals surface area contributed by atoms with Crippen molar-refractivity contribution in [2.45, 2.75) is 19.6 Å². The van der Waals surface area contributed by atoms with Gasteiger partial charge in [0, 0.05) is 31.4 Å². The molecular formula is C14H17FN4O. The summed E-state index contributed by atoms with van der Waals surface area (Å²) in [6.07, 6.45) is 5.08. The van der Waals surface area contributed by atoms with E-state index in [0.717, 1.165) is 24.5 Å². The second kappa shape index (κ2) is 5.58. The highest BCUT2D eigenvalue weighted by atomic mass is 19.1. The van der Waals surface area contributed by atoms with E-state index in [0.29, 0.717) is 13.2 Å². The first-order valence-corrected chi connectivity index (χ1v) is 6.76. The van der Waals surface area contributed by atoms with E-state index in [1.165, 1.54) is 12.3 Å². The molecule has 0 saturated carbocycles. The first kappa shape index (κ1) is 13.1. The van der Waals surface area contributed by atoms with Crippen molar-refractivity contribution < 1.29 is 9.13 Å². The quantitative estimate of drug-likeness (QED) is 0.860. The Morgan fingerprint density at radius 3 is 3.00 bits per heavy atom. The van der Waals surface area contributed by atoms with Crippen molar-refractivity contribution in [3.05, 3.63) is 42.1 Å². The molecule has 3 heterocycles. The number of rotatable bonds is 3. The van der Waals surface area contributed by atoms with Gasteiger partial charge in [-0.2, -0.15) is 5.10 Å². The van der Waals surface area contributed by atoms with Crippen molar-refractivity contribution in [1.82, 2.24) is 14.8 Å². The lowest BCUT2D eigenvalue weighted by atomic mass is 10.1. The molecule has 0 N–H and O–H groups in total. The van der Waals surface area contributed by atoms with E-state index < -0.39 is 0 Å². The van der Waals surface area contributed by atoms with Gasteiger partial charge in [0.15, 0.2) is 0 Å². The molecule has 2 aromatic rings. The van der Waals surface area contributed by atoms with Gasteiger partial charge >= 0.3 is 0 Å². The van der Waals surface area contributed by atoms with Gasteiger partial charge in [0.1, 0.15) is 17.7 Å². The molecule has 106 valence electrons. The number of hydrogen-bond acceptors (Lipinski definition) is 4. The van der Waals surface area contributed by atoms with E-state index in [1.807, 2.05) is 24.0 Å². The molecule has 6 heteroatoms. The third kappa shape index (κ3) is 2.65. The maximum absolute atomic E-state index is 12.9.